The van der Waals surface area contributed by atoms with Crippen LogP contribution in [0.2, 0.25) is 0 Å². The Morgan fingerprint density at radius 3 is 3.00 bits per heavy atom. The SMILES string of the molecule is C1=C(CC2=NCCN2)CCc2ccccc21. The molecule has 1 aliphatic heterocycles. The van der Waals surface area contributed by atoms with E-state index in [0.29, 0.717) is 0 Å². The number of fused-ring (bicyclic) bond motifs is 1. The largest absolute Gasteiger partial charge is 0.372 e. The van der Waals surface area contributed by atoms with Gasteiger partial charge in [-0.25, -0.2) is 0 Å². The Morgan fingerprint density at radius 2 is 2.12 bits per heavy atom. The number of rotatable bonds is 2. The zero-order chi connectivity index (χ0) is 10.8. The van der Waals surface area contributed by atoms with Crippen LogP contribution in [-0.2, 0) is 6.42 Å². The molecule has 0 bridgehead atoms. The van der Waals surface area contributed by atoms with Crippen molar-refractivity contribution in [3.8, 4) is 0 Å². The average Bonchev–Trinajstić information content (AvgIpc) is 2.82. The number of nitrogens with zero attached hydrogens (tertiary/aromatic N) is 1. The fourth-order valence-electron chi connectivity index (χ4n) is 2.41. The van der Waals surface area contributed by atoms with Crippen molar-refractivity contribution in [3.05, 3.63) is 41.0 Å². The van der Waals surface area contributed by atoms with E-state index in [0.717, 1.165) is 19.5 Å². The maximum atomic E-state index is 4.45. The van der Waals surface area contributed by atoms with E-state index < -0.39 is 0 Å². The Bertz CT molecular complexity index is 458. The summed E-state index contributed by atoms with van der Waals surface area (Å²) in [7, 11) is 0. The molecule has 3 rings (SSSR count). The lowest BCUT2D eigenvalue weighted by atomic mass is 9.91. The van der Waals surface area contributed by atoms with Crippen molar-refractivity contribution in [1.29, 1.82) is 0 Å². The number of nitrogens with one attached hydrogen (secondary N) is 1. The minimum Gasteiger partial charge on any atom is -0.372 e. The van der Waals surface area contributed by atoms with Crippen LogP contribution in [0.15, 0.2) is 34.8 Å². The second kappa shape index (κ2) is 4.12. The standard InChI is InChI=1S/C14H16N2/c1-2-4-13-9-11(5-6-12(13)3-1)10-14-15-7-8-16-14/h1-4,9H,5-8,10H2,(H,15,16). The van der Waals surface area contributed by atoms with E-state index in [1.165, 1.54) is 35.4 Å². The molecule has 0 atom stereocenters. The molecule has 0 spiro atoms. The van der Waals surface area contributed by atoms with Crippen LogP contribution in [0.25, 0.3) is 6.08 Å². The third-order valence-corrected chi connectivity index (χ3v) is 3.27. The molecule has 2 nitrogen and oxygen atoms in total. The molecule has 2 heteroatoms. The van der Waals surface area contributed by atoms with E-state index in [9.17, 15) is 0 Å². The molecule has 0 radical (unpaired) electrons. The van der Waals surface area contributed by atoms with E-state index in [-0.39, 0.29) is 0 Å². The van der Waals surface area contributed by atoms with Crippen molar-refractivity contribution in [2.24, 2.45) is 4.99 Å². The van der Waals surface area contributed by atoms with Crippen LogP contribution in [0.3, 0.4) is 0 Å². The Morgan fingerprint density at radius 1 is 1.19 bits per heavy atom. The van der Waals surface area contributed by atoms with Gasteiger partial charge in [-0.05, 0) is 24.0 Å². The zero-order valence-corrected chi connectivity index (χ0v) is 9.37. The highest BCUT2D eigenvalue weighted by molar-refractivity contribution is 5.87. The van der Waals surface area contributed by atoms with Crippen LogP contribution in [-0.4, -0.2) is 18.9 Å². The number of aliphatic imine (C=N–C) groups is 1. The van der Waals surface area contributed by atoms with Gasteiger partial charge >= 0.3 is 0 Å². The van der Waals surface area contributed by atoms with E-state index in [4.69, 9.17) is 0 Å². The molecule has 0 amide bonds. The van der Waals surface area contributed by atoms with Gasteiger partial charge in [-0.2, -0.15) is 0 Å². The third kappa shape index (κ3) is 1.87. The third-order valence-electron chi connectivity index (χ3n) is 3.27. The van der Waals surface area contributed by atoms with E-state index in [1.54, 1.807) is 0 Å². The summed E-state index contributed by atoms with van der Waals surface area (Å²) in [5.74, 6) is 1.17. The maximum Gasteiger partial charge on any atom is 0.101 e. The Labute approximate surface area is 96.1 Å². The van der Waals surface area contributed by atoms with Crippen LogP contribution in [0, 0.1) is 0 Å². The first-order valence-electron chi connectivity index (χ1n) is 5.96. The number of benzene rings is 1. The minimum atomic E-state index is 0.944. The van der Waals surface area contributed by atoms with Crippen LogP contribution in [0.1, 0.15) is 24.0 Å². The molecule has 0 unspecified atom stereocenters. The summed E-state index contributed by atoms with van der Waals surface area (Å²) >= 11 is 0. The second-order valence-electron chi connectivity index (χ2n) is 4.43. The normalized spacial score (nSPS) is 18.5. The molecule has 1 heterocycles. The van der Waals surface area contributed by atoms with Gasteiger partial charge < -0.3 is 5.32 Å². The molecule has 1 N–H and O–H groups in total. The van der Waals surface area contributed by atoms with Crippen molar-refractivity contribution in [1.82, 2.24) is 5.32 Å². The van der Waals surface area contributed by atoms with Gasteiger partial charge in [-0.15, -0.1) is 0 Å². The first kappa shape index (κ1) is 9.64. The Hall–Kier alpha value is -1.57. The summed E-state index contributed by atoms with van der Waals surface area (Å²) in [6.45, 7) is 1.96. The highest BCUT2D eigenvalue weighted by Gasteiger charge is 2.13. The van der Waals surface area contributed by atoms with E-state index in [2.05, 4.69) is 40.7 Å². The molecular formula is C14H16N2. The quantitative estimate of drug-likeness (QED) is 0.800. The van der Waals surface area contributed by atoms with Gasteiger partial charge in [0, 0.05) is 13.0 Å². The highest BCUT2D eigenvalue weighted by Crippen LogP contribution is 2.25. The van der Waals surface area contributed by atoms with Crippen molar-refractivity contribution in [3.63, 3.8) is 0 Å². The summed E-state index contributed by atoms with van der Waals surface area (Å²) in [6, 6.07) is 8.68. The number of hydrogen-bond donors (Lipinski definition) is 1. The van der Waals surface area contributed by atoms with Crippen LogP contribution in [0.5, 0.6) is 0 Å². The molecule has 16 heavy (non-hydrogen) atoms. The lowest BCUT2D eigenvalue weighted by molar-refractivity contribution is 0.895. The zero-order valence-electron chi connectivity index (χ0n) is 9.37. The molecule has 1 aromatic carbocycles. The first-order valence-corrected chi connectivity index (χ1v) is 5.96. The summed E-state index contributed by atoms with van der Waals surface area (Å²) < 4.78 is 0. The molecule has 0 saturated carbocycles. The second-order valence-corrected chi connectivity index (χ2v) is 4.43. The molecule has 0 fully saturated rings. The number of amidine groups is 1. The van der Waals surface area contributed by atoms with E-state index >= 15 is 0 Å². The predicted molar refractivity (Wildman–Crippen MR) is 67.7 cm³/mol. The summed E-state index contributed by atoms with van der Waals surface area (Å²) in [6.07, 6.45) is 5.70. The lowest BCUT2D eigenvalue weighted by Crippen LogP contribution is -2.19. The average molecular weight is 212 g/mol. The van der Waals surface area contributed by atoms with Gasteiger partial charge in [0.25, 0.3) is 0 Å². The number of aryl methyl sites for hydroxylation is 1. The van der Waals surface area contributed by atoms with Gasteiger partial charge in [0.05, 0.1) is 6.54 Å². The van der Waals surface area contributed by atoms with Crippen molar-refractivity contribution < 1.29 is 0 Å². The van der Waals surface area contributed by atoms with Gasteiger partial charge in [-0.3, -0.25) is 4.99 Å². The smallest absolute Gasteiger partial charge is 0.101 e. The molecule has 0 aromatic heterocycles. The van der Waals surface area contributed by atoms with Crippen molar-refractivity contribution in [2.45, 2.75) is 19.3 Å². The maximum absolute atomic E-state index is 4.45. The van der Waals surface area contributed by atoms with Crippen LogP contribution >= 0.6 is 0 Å². The Kier molecular flexibility index (Phi) is 2.49. The Balaban J connectivity index is 1.81. The lowest BCUT2D eigenvalue weighted by Gasteiger charge is -2.16. The van der Waals surface area contributed by atoms with Crippen LogP contribution < -0.4 is 5.32 Å². The number of hydrogen-bond acceptors (Lipinski definition) is 2. The van der Waals surface area contributed by atoms with Gasteiger partial charge in [0.1, 0.15) is 5.84 Å². The molecule has 1 aliphatic carbocycles. The van der Waals surface area contributed by atoms with Crippen molar-refractivity contribution >= 4 is 11.9 Å². The van der Waals surface area contributed by atoms with E-state index in [1.807, 2.05) is 0 Å². The molecule has 0 saturated heterocycles. The molecular weight excluding hydrogens is 196 g/mol. The van der Waals surface area contributed by atoms with Gasteiger partial charge in [0.15, 0.2) is 0 Å². The first-order chi connectivity index (χ1) is 7.92. The van der Waals surface area contributed by atoms with Crippen molar-refractivity contribution in [2.75, 3.05) is 13.1 Å². The fourth-order valence-corrected chi connectivity index (χ4v) is 2.41. The molecule has 82 valence electrons. The topological polar surface area (TPSA) is 24.4 Å². The molecule has 1 aromatic rings. The highest BCUT2D eigenvalue weighted by atomic mass is 15.1. The van der Waals surface area contributed by atoms with Crippen LogP contribution in [0.4, 0.5) is 0 Å². The summed E-state index contributed by atoms with van der Waals surface area (Å²) in [4.78, 5) is 4.45. The summed E-state index contributed by atoms with van der Waals surface area (Å²) in [5.41, 5.74) is 4.38. The van der Waals surface area contributed by atoms with Gasteiger partial charge in [-0.1, -0.05) is 35.9 Å². The monoisotopic (exact) mass is 212 g/mol. The minimum absolute atomic E-state index is 0.944. The summed E-state index contributed by atoms with van der Waals surface area (Å²) in [5, 5.41) is 3.34. The van der Waals surface area contributed by atoms with Gasteiger partial charge in [0.2, 0.25) is 0 Å². The predicted octanol–water partition coefficient (Wildman–Crippen LogP) is 2.41. The fraction of sp³-hybridized carbons (Fsp3) is 0.357. The molecule has 2 aliphatic rings.